The number of aliphatic hydroxyl groups excluding tert-OH is 2. The number of aliphatic hydroxyl groups is 2. The molecule has 192 valence electrons. The number of pyridine rings is 1. The van der Waals surface area contributed by atoms with Gasteiger partial charge in [-0.05, 0) is 38.0 Å². The fourth-order valence-corrected chi connectivity index (χ4v) is 4.29. The summed E-state index contributed by atoms with van der Waals surface area (Å²) in [5, 5.41) is 27.5. The minimum Gasteiger partial charge on any atom is -0.387 e. The van der Waals surface area contributed by atoms with Crippen molar-refractivity contribution >= 4 is 22.9 Å². The number of carbonyl (C=O) groups is 1. The van der Waals surface area contributed by atoms with E-state index in [1.54, 1.807) is 26.2 Å². The Bertz CT molecular complexity index is 1410. The van der Waals surface area contributed by atoms with Gasteiger partial charge in [0.05, 0.1) is 6.33 Å². The first-order valence-electron chi connectivity index (χ1n) is 12.1. The Morgan fingerprint density at radius 1 is 1.14 bits per heavy atom. The number of hydrogen-bond donors (Lipinski definition) is 4. The van der Waals surface area contributed by atoms with Gasteiger partial charge in [-0.3, -0.25) is 14.3 Å². The van der Waals surface area contributed by atoms with Gasteiger partial charge < -0.3 is 25.6 Å². The molecular formula is C26H29N7O4. The number of aryl methyl sites for hydroxylation is 1. The number of imidazole rings is 1. The van der Waals surface area contributed by atoms with Crippen molar-refractivity contribution in [3.8, 4) is 11.4 Å². The normalized spacial score (nSPS) is 21.5. The predicted molar refractivity (Wildman–Crippen MR) is 136 cm³/mol. The molecule has 3 aromatic heterocycles. The molecule has 0 unspecified atom stereocenters. The zero-order valence-corrected chi connectivity index (χ0v) is 20.7. The highest BCUT2D eigenvalue weighted by Gasteiger charge is 2.48. The molecule has 4 aromatic rings. The van der Waals surface area contributed by atoms with E-state index in [-0.39, 0.29) is 6.04 Å². The number of anilines is 1. The standard InChI is InChI=1S/C26H29N7O4/c1-14(2)30-25(36)21-19(34)20(35)26(37-21)33-13-29-18-23(28-11-16-7-5-4-6-8-16)31-22(32-24(18)33)17-9-15(3)10-27-12-17/h4-10,12-14,19-21,26,34-35H,11H2,1-3H3,(H,30,36)(H,28,31,32)/t19-,20+,21-,26+/m0/s1. The second-order valence-electron chi connectivity index (χ2n) is 9.40. The number of aromatic nitrogens is 5. The maximum Gasteiger partial charge on any atom is 0.252 e. The largest absolute Gasteiger partial charge is 0.387 e. The third kappa shape index (κ3) is 5.01. The number of benzene rings is 1. The highest BCUT2D eigenvalue weighted by atomic mass is 16.6. The zero-order valence-electron chi connectivity index (χ0n) is 20.7. The van der Waals surface area contributed by atoms with Crippen LogP contribution in [0.5, 0.6) is 0 Å². The van der Waals surface area contributed by atoms with Crippen LogP contribution in [0.3, 0.4) is 0 Å². The molecule has 1 fully saturated rings. The van der Waals surface area contributed by atoms with Gasteiger partial charge in [-0.1, -0.05) is 30.3 Å². The molecule has 0 bridgehead atoms. The van der Waals surface area contributed by atoms with Crippen molar-refractivity contribution in [2.45, 2.75) is 57.9 Å². The summed E-state index contributed by atoms with van der Waals surface area (Å²) in [6.45, 7) is 6.04. The molecule has 0 saturated carbocycles. The lowest BCUT2D eigenvalue weighted by Gasteiger charge is -2.17. The monoisotopic (exact) mass is 503 g/mol. The van der Waals surface area contributed by atoms with E-state index in [0.29, 0.717) is 34.9 Å². The highest BCUT2D eigenvalue weighted by molar-refractivity contribution is 5.85. The van der Waals surface area contributed by atoms with Gasteiger partial charge in [0, 0.05) is 30.5 Å². The van der Waals surface area contributed by atoms with Gasteiger partial charge in [0.1, 0.15) is 12.2 Å². The summed E-state index contributed by atoms with van der Waals surface area (Å²) >= 11 is 0. The summed E-state index contributed by atoms with van der Waals surface area (Å²) in [4.78, 5) is 30.8. The number of rotatable bonds is 7. The lowest BCUT2D eigenvalue weighted by atomic mass is 10.1. The van der Waals surface area contributed by atoms with Gasteiger partial charge in [0.2, 0.25) is 0 Å². The quantitative estimate of drug-likeness (QED) is 0.297. The Kier molecular flexibility index (Phi) is 6.83. The van der Waals surface area contributed by atoms with E-state index in [0.717, 1.165) is 11.1 Å². The summed E-state index contributed by atoms with van der Waals surface area (Å²) in [5.41, 5.74) is 3.55. The molecule has 0 aliphatic carbocycles. The van der Waals surface area contributed by atoms with Gasteiger partial charge in [0.15, 0.2) is 35.1 Å². The fraction of sp³-hybridized carbons (Fsp3) is 0.346. The number of hydrogen-bond acceptors (Lipinski definition) is 9. The molecule has 1 saturated heterocycles. The summed E-state index contributed by atoms with van der Waals surface area (Å²) in [6, 6.07) is 11.6. The number of amides is 1. The minimum absolute atomic E-state index is 0.148. The molecule has 1 aliphatic rings. The molecule has 1 amide bonds. The Morgan fingerprint density at radius 3 is 2.65 bits per heavy atom. The SMILES string of the molecule is Cc1cncc(-c2nc(NCc3ccccc3)c3ncn([C@@H]4O[C@H](C(=O)NC(C)C)[C@@H](O)[C@H]4O)c3n2)c1. The summed E-state index contributed by atoms with van der Waals surface area (Å²) < 4.78 is 7.37. The zero-order chi connectivity index (χ0) is 26.1. The number of fused-ring (bicyclic) bond motifs is 1. The first-order valence-corrected chi connectivity index (χ1v) is 12.1. The van der Waals surface area contributed by atoms with Crippen LogP contribution in [0.4, 0.5) is 5.82 Å². The number of nitrogens with zero attached hydrogens (tertiary/aromatic N) is 5. The van der Waals surface area contributed by atoms with Crippen molar-refractivity contribution in [3.05, 3.63) is 66.2 Å². The van der Waals surface area contributed by atoms with Gasteiger partial charge in [-0.25, -0.2) is 15.0 Å². The molecule has 4 atom stereocenters. The second-order valence-corrected chi connectivity index (χ2v) is 9.40. The van der Waals surface area contributed by atoms with Crippen molar-refractivity contribution < 1.29 is 19.7 Å². The molecule has 37 heavy (non-hydrogen) atoms. The van der Waals surface area contributed by atoms with Crippen molar-refractivity contribution in [1.29, 1.82) is 0 Å². The first kappa shape index (κ1) is 24.8. The maximum atomic E-state index is 12.6. The molecule has 4 heterocycles. The molecule has 0 spiro atoms. The van der Waals surface area contributed by atoms with Crippen molar-refractivity contribution in [1.82, 2.24) is 29.8 Å². The Hall–Kier alpha value is -3.93. The van der Waals surface area contributed by atoms with Crippen LogP contribution in [0, 0.1) is 6.92 Å². The van der Waals surface area contributed by atoms with E-state index in [1.165, 1.54) is 10.9 Å². The minimum atomic E-state index is -1.42. The van der Waals surface area contributed by atoms with Crippen LogP contribution in [0.2, 0.25) is 0 Å². The molecule has 11 nitrogen and oxygen atoms in total. The predicted octanol–water partition coefficient (Wildman–Crippen LogP) is 1.95. The maximum absolute atomic E-state index is 12.6. The van der Waals surface area contributed by atoms with E-state index in [2.05, 4.69) is 20.6 Å². The molecular weight excluding hydrogens is 474 g/mol. The van der Waals surface area contributed by atoms with Crippen LogP contribution >= 0.6 is 0 Å². The van der Waals surface area contributed by atoms with Crippen LogP contribution in [0.15, 0.2) is 55.1 Å². The summed E-state index contributed by atoms with van der Waals surface area (Å²) in [6.07, 6.45) is -0.227. The lowest BCUT2D eigenvalue weighted by Crippen LogP contribution is -2.45. The van der Waals surface area contributed by atoms with E-state index in [1.807, 2.05) is 43.3 Å². The van der Waals surface area contributed by atoms with Gasteiger partial charge in [-0.2, -0.15) is 0 Å². The molecule has 4 N–H and O–H groups in total. The second kappa shape index (κ2) is 10.2. The van der Waals surface area contributed by atoms with Crippen LogP contribution in [-0.4, -0.2) is 65.0 Å². The van der Waals surface area contributed by atoms with Crippen molar-refractivity contribution in [3.63, 3.8) is 0 Å². The van der Waals surface area contributed by atoms with Crippen LogP contribution < -0.4 is 10.6 Å². The third-order valence-corrected chi connectivity index (χ3v) is 6.06. The number of carbonyl (C=O) groups excluding carboxylic acids is 1. The van der Waals surface area contributed by atoms with E-state index in [9.17, 15) is 15.0 Å². The third-order valence-electron chi connectivity index (χ3n) is 6.06. The van der Waals surface area contributed by atoms with Gasteiger partial charge in [-0.15, -0.1) is 0 Å². The highest BCUT2D eigenvalue weighted by Crippen LogP contribution is 2.33. The summed E-state index contributed by atoms with van der Waals surface area (Å²) in [5.74, 6) is 0.397. The van der Waals surface area contributed by atoms with Crippen LogP contribution in [0.25, 0.3) is 22.6 Å². The fourth-order valence-electron chi connectivity index (χ4n) is 4.29. The molecule has 5 rings (SSSR count). The smallest absolute Gasteiger partial charge is 0.252 e. The Labute approximate surface area is 213 Å². The lowest BCUT2D eigenvalue weighted by molar-refractivity contribution is -0.138. The van der Waals surface area contributed by atoms with E-state index in [4.69, 9.17) is 14.7 Å². The van der Waals surface area contributed by atoms with E-state index < -0.39 is 30.4 Å². The first-order chi connectivity index (χ1) is 17.8. The van der Waals surface area contributed by atoms with Crippen molar-refractivity contribution in [2.24, 2.45) is 0 Å². The molecule has 11 heteroatoms. The van der Waals surface area contributed by atoms with Crippen LogP contribution in [-0.2, 0) is 16.1 Å². The molecule has 0 radical (unpaired) electrons. The molecule has 1 aromatic carbocycles. The topological polar surface area (TPSA) is 147 Å². The van der Waals surface area contributed by atoms with Gasteiger partial charge in [0.25, 0.3) is 5.91 Å². The molecule has 1 aliphatic heterocycles. The van der Waals surface area contributed by atoms with Crippen LogP contribution in [0.1, 0.15) is 31.2 Å². The van der Waals surface area contributed by atoms with Crippen molar-refractivity contribution in [2.75, 3.05) is 5.32 Å². The Balaban J connectivity index is 1.55. The van der Waals surface area contributed by atoms with Gasteiger partial charge >= 0.3 is 0 Å². The van der Waals surface area contributed by atoms with E-state index >= 15 is 0 Å². The average molecular weight is 504 g/mol. The number of ether oxygens (including phenoxy) is 1. The number of nitrogens with one attached hydrogen (secondary N) is 2. The average Bonchev–Trinajstić information content (AvgIpc) is 3.43. The summed E-state index contributed by atoms with van der Waals surface area (Å²) in [7, 11) is 0. The Morgan fingerprint density at radius 2 is 1.92 bits per heavy atom.